The summed E-state index contributed by atoms with van der Waals surface area (Å²) in [5.41, 5.74) is 4.69. The average molecular weight is 330 g/mol. The Morgan fingerprint density at radius 2 is 1.94 bits per heavy atom. The van der Waals surface area contributed by atoms with Gasteiger partial charge in [0.2, 0.25) is 0 Å². The van der Waals surface area contributed by atoms with E-state index in [0.717, 1.165) is 12.1 Å². The summed E-state index contributed by atoms with van der Waals surface area (Å²) in [6.45, 7) is 1.85. The minimum Gasteiger partial charge on any atom is -0.348 e. The first-order valence-electron chi connectivity index (χ1n) is 4.61. The van der Waals surface area contributed by atoms with E-state index >= 15 is 0 Å². The summed E-state index contributed by atoms with van der Waals surface area (Å²) in [6.07, 6.45) is 0. The molecule has 1 aromatic rings. The van der Waals surface area contributed by atoms with Crippen LogP contribution in [0.25, 0.3) is 0 Å². The van der Waals surface area contributed by atoms with Crippen molar-refractivity contribution in [3.05, 3.63) is 33.8 Å². The third kappa shape index (κ3) is 4.22. The summed E-state index contributed by atoms with van der Waals surface area (Å²) >= 11 is 2.93. The Hall–Kier alpha value is -0.720. The van der Waals surface area contributed by atoms with E-state index in [1.807, 2.05) is 0 Å². The highest BCUT2D eigenvalue weighted by Gasteiger charge is 2.19. The first kappa shape index (κ1) is 16.3. The minimum absolute atomic E-state index is 0. The van der Waals surface area contributed by atoms with Gasteiger partial charge in [-0.2, -0.15) is 0 Å². The van der Waals surface area contributed by atoms with Crippen molar-refractivity contribution in [3.8, 4) is 0 Å². The minimum atomic E-state index is -0.909. The molecule has 0 aromatic heterocycles. The lowest BCUT2D eigenvalue weighted by atomic mass is 10.1. The van der Waals surface area contributed by atoms with Crippen LogP contribution in [0.2, 0.25) is 0 Å². The molecule has 3 nitrogen and oxygen atoms in total. The molecule has 17 heavy (non-hydrogen) atoms. The Balaban J connectivity index is 0.00000256. The summed E-state index contributed by atoms with van der Waals surface area (Å²) in [7, 11) is 0. The molecule has 7 heteroatoms. The number of benzene rings is 1. The highest BCUT2D eigenvalue weighted by Crippen LogP contribution is 2.19. The van der Waals surface area contributed by atoms with Crippen molar-refractivity contribution in [1.82, 2.24) is 5.32 Å². The number of rotatable bonds is 3. The molecule has 1 amide bonds. The number of halogens is 4. The van der Waals surface area contributed by atoms with E-state index < -0.39 is 23.1 Å². The van der Waals surface area contributed by atoms with E-state index in [-0.39, 0.29) is 29.5 Å². The average Bonchev–Trinajstić information content (AvgIpc) is 2.15. The van der Waals surface area contributed by atoms with E-state index in [0.29, 0.717) is 0 Å². The molecule has 96 valence electrons. The van der Waals surface area contributed by atoms with E-state index in [4.69, 9.17) is 5.73 Å². The van der Waals surface area contributed by atoms with Gasteiger partial charge in [0.05, 0.1) is 0 Å². The second-order valence-electron chi connectivity index (χ2n) is 3.35. The molecule has 0 bridgehead atoms. The SMILES string of the molecule is C[C@H](CN)NC(=O)c1c(F)cc(Br)cc1F.Cl. The maximum atomic E-state index is 13.4. The Kier molecular flexibility index (Phi) is 6.59. The van der Waals surface area contributed by atoms with Crippen molar-refractivity contribution in [2.75, 3.05) is 6.54 Å². The zero-order valence-corrected chi connectivity index (χ0v) is 11.4. The predicted octanol–water partition coefficient (Wildman–Crippen LogP) is 2.23. The molecule has 0 radical (unpaired) electrons. The van der Waals surface area contributed by atoms with E-state index in [1.165, 1.54) is 0 Å². The van der Waals surface area contributed by atoms with Crippen LogP contribution in [-0.2, 0) is 0 Å². The number of carbonyl (C=O) groups is 1. The molecular weight excluding hydrogens is 317 g/mol. The Bertz CT molecular complexity index is 394. The van der Waals surface area contributed by atoms with Gasteiger partial charge in [-0.25, -0.2) is 8.78 Å². The highest BCUT2D eigenvalue weighted by atomic mass is 79.9. The van der Waals surface area contributed by atoms with Crippen LogP contribution >= 0.6 is 28.3 Å². The summed E-state index contributed by atoms with van der Waals surface area (Å²) in [4.78, 5) is 11.5. The lowest BCUT2D eigenvalue weighted by molar-refractivity contribution is 0.0932. The number of nitrogens with one attached hydrogen (secondary N) is 1. The van der Waals surface area contributed by atoms with Gasteiger partial charge in [-0.15, -0.1) is 12.4 Å². The molecule has 0 fully saturated rings. The molecule has 3 N–H and O–H groups in total. The van der Waals surface area contributed by atoms with Crippen molar-refractivity contribution in [1.29, 1.82) is 0 Å². The van der Waals surface area contributed by atoms with Gasteiger partial charge in [0.1, 0.15) is 17.2 Å². The topological polar surface area (TPSA) is 55.1 Å². The number of nitrogens with two attached hydrogens (primary N) is 1. The van der Waals surface area contributed by atoms with Crippen LogP contribution in [-0.4, -0.2) is 18.5 Å². The Morgan fingerprint density at radius 3 is 2.35 bits per heavy atom. The standard InChI is InChI=1S/C10H11BrF2N2O.ClH/c1-5(4-14)15-10(16)9-7(12)2-6(11)3-8(9)13;/h2-3,5H,4,14H2,1H3,(H,15,16);1H/t5-;/m1./s1. The van der Waals surface area contributed by atoms with E-state index in [2.05, 4.69) is 21.2 Å². The second-order valence-corrected chi connectivity index (χ2v) is 4.27. The fourth-order valence-corrected chi connectivity index (χ4v) is 1.52. The predicted molar refractivity (Wildman–Crippen MR) is 67.3 cm³/mol. The number of hydrogen-bond donors (Lipinski definition) is 2. The molecule has 1 rings (SSSR count). The fourth-order valence-electron chi connectivity index (χ4n) is 1.11. The summed E-state index contributed by atoms with van der Waals surface area (Å²) in [5, 5.41) is 2.39. The molecule has 0 aliphatic carbocycles. The normalized spacial score (nSPS) is 11.6. The van der Waals surface area contributed by atoms with Gasteiger partial charge in [0.15, 0.2) is 0 Å². The van der Waals surface area contributed by atoms with Crippen LogP contribution < -0.4 is 11.1 Å². The number of carbonyl (C=O) groups excluding carboxylic acids is 1. The van der Waals surface area contributed by atoms with Crippen LogP contribution in [0.1, 0.15) is 17.3 Å². The van der Waals surface area contributed by atoms with Crippen molar-refractivity contribution in [3.63, 3.8) is 0 Å². The summed E-state index contributed by atoms with van der Waals surface area (Å²) in [5.74, 6) is -2.62. The van der Waals surface area contributed by atoms with Crippen LogP contribution in [0.3, 0.4) is 0 Å². The van der Waals surface area contributed by atoms with Crippen LogP contribution in [0.5, 0.6) is 0 Å². The van der Waals surface area contributed by atoms with Gasteiger partial charge in [-0.05, 0) is 19.1 Å². The Morgan fingerprint density at radius 1 is 1.47 bits per heavy atom. The van der Waals surface area contributed by atoms with Crippen molar-refractivity contribution >= 4 is 34.2 Å². The number of amides is 1. The molecule has 0 unspecified atom stereocenters. The molecule has 0 saturated carbocycles. The molecule has 0 saturated heterocycles. The van der Waals surface area contributed by atoms with Crippen molar-refractivity contribution in [2.24, 2.45) is 5.73 Å². The third-order valence-corrected chi connectivity index (χ3v) is 2.42. The van der Waals surface area contributed by atoms with Crippen molar-refractivity contribution in [2.45, 2.75) is 13.0 Å². The van der Waals surface area contributed by atoms with Gasteiger partial charge in [0, 0.05) is 17.1 Å². The molecular formula is C10H12BrClF2N2O. The molecule has 0 spiro atoms. The summed E-state index contributed by atoms with van der Waals surface area (Å²) in [6, 6.07) is 1.73. The van der Waals surface area contributed by atoms with Gasteiger partial charge in [-0.3, -0.25) is 4.79 Å². The Labute approximate surface area is 112 Å². The molecule has 1 aromatic carbocycles. The zero-order chi connectivity index (χ0) is 12.3. The third-order valence-electron chi connectivity index (χ3n) is 1.96. The van der Waals surface area contributed by atoms with Gasteiger partial charge in [-0.1, -0.05) is 15.9 Å². The van der Waals surface area contributed by atoms with Gasteiger partial charge < -0.3 is 11.1 Å². The molecule has 0 aliphatic heterocycles. The lowest BCUT2D eigenvalue weighted by Gasteiger charge is -2.12. The highest BCUT2D eigenvalue weighted by molar-refractivity contribution is 9.10. The maximum absolute atomic E-state index is 13.4. The number of hydrogen-bond acceptors (Lipinski definition) is 2. The van der Waals surface area contributed by atoms with E-state index in [1.54, 1.807) is 6.92 Å². The maximum Gasteiger partial charge on any atom is 0.257 e. The first-order valence-corrected chi connectivity index (χ1v) is 5.40. The van der Waals surface area contributed by atoms with Crippen molar-refractivity contribution < 1.29 is 13.6 Å². The van der Waals surface area contributed by atoms with Crippen LogP contribution in [0, 0.1) is 11.6 Å². The second kappa shape index (κ2) is 6.88. The van der Waals surface area contributed by atoms with Gasteiger partial charge in [0.25, 0.3) is 5.91 Å². The summed E-state index contributed by atoms with van der Waals surface area (Å²) < 4.78 is 26.9. The molecule has 0 aliphatic rings. The van der Waals surface area contributed by atoms with E-state index in [9.17, 15) is 13.6 Å². The molecule has 0 heterocycles. The fraction of sp³-hybridized carbons (Fsp3) is 0.300. The zero-order valence-electron chi connectivity index (χ0n) is 8.97. The lowest BCUT2D eigenvalue weighted by Crippen LogP contribution is -2.38. The largest absolute Gasteiger partial charge is 0.348 e. The monoisotopic (exact) mass is 328 g/mol. The smallest absolute Gasteiger partial charge is 0.257 e. The van der Waals surface area contributed by atoms with Gasteiger partial charge >= 0.3 is 0 Å². The van der Waals surface area contributed by atoms with Crippen LogP contribution in [0.15, 0.2) is 16.6 Å². The van der Waals surface area contributed by atoms with Crippen LogP contribution in [0.4, 0.5) is 8.78 Å². The molecule has 1 atom stereocenters. The quantitative estimate of drug-likeness (QED) is 0.893. The first-order chi connectivity index (χ1) is 7.45.